The summed E-state index contributed by atoms with van der Waals surface area (Å²) in [5.74, 6) is -0.623. The topological polar surface area (TPSA) is 66.4 Å². The minimum Gasteiger partial charge on any atom is -0.392 e. The summed E-state index contributed by atoms with van der Waals surface area (Å²) in [5.41, 5.74) is -0.0404. The number of sulfonamides is 1. The Balaban J connectivity index is 3.26. The van der Waals surface area contributed by atoms with Crippen LogP contribution in [0, 0.1) is 5.82 Å². The van der Waals surface area contributed by atoms with Crippen LogP contribution in [0.15, 0.2) is 23.1 Å². The average molecular weight is 219 g/mol. The molecule has 0 saturated carbocycles. The standard InChI is InChI=1S/C8H10FNO3S/c1-10-14(12,13)7-2-3-8(9)6(4-7)5-11/h2-4,10-11H,5H2,1H3. The highest BCUT2D eigenvalue weighted by Gasteiger charge is 2.13. The van der Waals surface area contributed by atoms with Crippen molar-refractivity contribution in [1.29, 1.82) is 0 Å². The summed E-state index contributed by atoms with van der Waals surface area (Å²) in [6.07, 6.45) is 0. The normalized spacial score (nSPS) is 11.6. The highest BCUT2D eigenvalue weighted by Crippen LogP contribution is 2.14. The van der Waals surface area contributed by atoms with Crippen LogP contribution in [0.5, 0.6) is 0 Å². The maximum atomic E-state index is 12.9. The van der Waals surface area contributed by atoms with Crippen LogP contribution in [0.25, 0.3) is 0 Å². The second-order valence-corrected chi connectivity index (χ2v) is 4.51. The molecule has 4 nitrogen and oxygen atoms in total. The zero-order chi connectivity index (χ0) is 10.8. The monoisotopic (exact) mass is 219 g/mol. The van der Waals surface area contributed by atoms with E-state index in [1.165, 1.54) is 7.05 Å². The number of nitrogens with one attached hydrogen (secondary N) is 1. The van der Waals surface area contributed by atoms with Crippen LogP contribution in [0.2, 0.25) is 0 Å². The zero-order valence-electron chi connectivity index (χ0n) is 7.49. The molecule has 1 aromatic carbocycles. The molecule has 0 atom stereocenters. The fourth-order valence-corrected chi connectivity index (χ4v) is 1.74. The number of aliphatic hydroxyl groups is 1. The van der Waals surface area contributed by atoms with Crippen molar-refractivity contribution >= 4 is 10.0 Å². The van der Waals surface area contributed by atoms with Crippen LogP contribution in [0.1, 0.15) is 5.56 Å². The minimum atomic E-state index is -3.58. The van der Waals surface area contributed by atoms with Gasteiger partial charge in [0, 0.05) is 5.56 Å². The second kappa shape index (κ2) is 4.04. The first kappa shape index (κ1) is 11.1. The molecule has 1 rings (SSSR count). The van der Waals surface area contributed by atoms with Gasteiger partial charge in [-0.1, -0.05) is 0 Å². The molecule has 0 aliphatic rings. The Bertz CT molecular complexity index is 430. The van der Waals surface area contributed by atoms with E-state index in [0.717, 1.165) is 18.2 Å². The van der Waals surface area contributed by atoms with Crippen LogP contribution < -0.4 is 4.72 Å². The highest BCUT2D eigenvalue weighted by atomic mass is 32.2. The smallest absolute Gasteiger partial charge is 0.240 e. The summed E-state index contributed by atoms with van der Waals surface area (Å²) in [6.45, 7) is -0.529. The maximum Gasteiger partial charge on any atom is 0.240 e. The van der Waals surface area contributed by atoms with Crippen molar-refractivity contribution in [1.82, 2.24) is 4.72 Å². The molecule has 0 bridgehead atoms. The van der Waals surface area contributed by atoms with Gasteiger partial charge in [-0.25, -0.2) is 17.5 Å². The van der Waals surface area contributed by atoms with Gasteiger partial charge in [0.15, 0.2) is 0 Å². The summed E-state index contributed by atoms with van der Waals surface area (Å²) in [5, 5.41) is 8.73. The van der Waals surface area contributed by atoms with Gasteiger partial charge in [0.1, 0.15) is 5.82 Å². The third-order valence-electron chi connectivity index (χ3n) is 1.77. The van der Waals surface area contributed by atoms with Crippen LogP contribution >= 0.6 is 0 Å². The molecule has 0 unspecified atom stereocenters. The molecule has 0 fully saturated rings. The molecule has 0 radical (unpaired) electrons. The van der Waals surface area contributed by atoms with Gasteiger partial charge in [0.25, 0.3) is 0 Å². The Hall–Kier alpha value is -0.980. The third-order valence-corrected chi connectivity index (χ3v) is 3.18. The lowest BCUT2D eigenvalue weighted by Crippen LogP contribution is -2.18. The molecule has 0 spiro atoms. The molecule has 78 valence electrons. The van der Waals surface area contributed by atoms with Crippen molar-refractivity contribution in [3.63, 3.8) is 0 Å². The van der Waals surface area contributed by atoms with E-state index >= 15 is 0 Å². The van der Waals surface area contributed by atoms with Crippen molar-refractivity contribution in [2.24, 2.45) is 0 Å². The predicted molar refractivity (Wildman–Crippen MR) is 48.6 cm³/mol. The fraction of sp³-hybridized carbons (Fsp3) is 0.250. The second-order valence-electron chi connectivity index (χ2n) is 2.62. The van der Waals surface area contributed by atoms with E-state index in [4.69, 9.17) is 5.11 Å². The van der Waals surface area contributed by atoms with Crippen molar-refractivity contribution in [3.05, 3.63) is 29.6 Å². The van der Waals surface area contributed by atoms with Gasteiger partial charge < -0.3 is 5.11 Å². The van der Waals surface area contributed by atoms with Crippen molar-refractivity contribution in [2.75, 3.05) is 7.05 Å². The van der Waals surface area contributed by atoms with E-state index in [1.807, 2.05) is 0 Å². The lowest BCUT2D eigenvalue weighted by molar-refractivity contribution is 0.275. The van der Waals surface area contributed by atoms with Crippen LogP contribution in [0.4, 0.5) is 4.39 Å². The van der Waals surface area contributed by atoms with Gasteiger partial charge in [-0.05, 0) is 25.2 Å². The van der Waals surface area contributed by atoms with Gasteiger partial charge in [0.05, 0.1) is 11.5 Å². The van der Waals surface area contributed by atoms with Crippen molar-refractivity contribution in [3.8, 4) is 0 Å². The molecule has 0 saturated heterocycles. The summed E-state index contributed by atoms with van der Waals surface area (Å²) in [4.78, 5) is -0.0644. The molecule has 0 heterocycles. The molecule has 14 heavy (non-hydrogen) atoms. The molecule has 2 N–H and O–H groups in total. The number of halogens is 1. The first-order valence-corrected chi connectivity index (χ1v) is 5.32. The Morgan fingerprint density at radius 3 is 2.64 bits per heavy atom. The molecule has 0 aliphatic heterocycles. The average Bonchev–Trinajstić information content (AvgIpc) is 2.18. The number of hydrogen-bond donors (Lipinski definition) is 2. The summed E-state index contributed by atoms with van der Waals surface area (Å²) >= 11 is 0. The van der Waals surface area contributed by atoms with Gasteiger partial charge in [-0.2, -0.15) is 0 Å². The largest absolute Gasteiger partial charge is 0.392 e. The molecule has 0 aromatic heterocycles. The van der Waals surface area contributed by atoms with E-state index in [-0.39, 0.29) is 10.5 Å². The maximum absolute atomic E-state index is 12.9. The Kier molecular flexibility index (Phi) is 3.20. The Morgan fingerprint density at radius 2 is 2.14 bits per heavy atom. The van der Waals surface area contributed by atoms with Gasteiger partial charge in [0.2, 0.25) is 10.0 Å². The number of aliphatic hydroxyl groups excluding tert-OH is 1. The highest BCUT2D eigenvalue weighted by molar-refractivity contribution is 7.89. The van der Waals surface area contributed by atoms with E-state index in [1.54, 1.807) is 0 Å². The lowest BCUT2D eigenvalue weighted by Gasteiger charge is -2.04. The summed E-state index contributed by atoms with van der Waals surface area (Å²) in [7, 11) is -2.31. The first-order valence-electron chi connectivity index (χ1n) is 3.84. The number of benzene rings is 1. The van der Waals surface area contributed by atoms with Crippen LogP contribution in [-0.2, 0) is 16.6 Å². The molecule has 0 aliphatic carbocycles. The Labute approximate surface area is 81.4 Å². The van der Waals surface area contributed by atoms with Crippen LogP contribution in [0.3, 0.4) is 0 Å². The third kappa shape index (κ3) is 2.09. The molecule has 6 heteroatoms. The van der Waals surface area contributed by atoms with Gasteiger partial charge in [-0.15, -0.1) is 0 Å². The van der Waals surface area contributed by atoms with Gasteiger partial charge >= 0.3 is 0 Å². The zero-order valence-corrected chi connectivity index (χ0v) is 8.31. The van der Waals surface area contributed by atoms with E-state index < -0.39 is 22.4 Å². The predicted octanol–water partition coefficient (Wildman–Crippen LogP) is 0.226. The minimum absolute atomic E-state index is 0.0404. The van der Waals surface area contributed by atoms with E-state index in [2.05, 4.69) is 4.72 Å². The summed E-state index contributed by atoms with van der Waals surface area (Å²) < 4.78 is 37.5. The quantitative estimate of drug-likeness (QED) is 0.764. The SMILES string of the molecule is CNS(=O)(=O)c1ccc(F)c(CO)c1. The molecule has 0 amide bonds. The number of rotatable bonds is 3. The van der Waals surface area contributed by atoms with Crippen molar-refractivity contribution < 1.29 is 17.9 Å². The summed E-state index contributed by atoms with van der Waals surface area (Å²) in [6, 6.07) is 3.25. The number of hydrogen-bond acceptors (Lipinski definition) is 3. The van der Waals surface area contributed by atoms with Crippen molar-refractivity contribution in [2.45, 2.75) is 11.5 Å². The first-order chi connectivity index (χ1) is 6.51. The Morgan fingerprint density at radius 1 is 1.50 bits per heavy atom. The van der Waals surface area contributed by atoms with E-state index in [0.29, 0.717) is 0 Å². The molecule has 1 aromatic rings. The van der Waals surface area contributed by atoms with Gasteiger partial charge in [-0.3, -0.25) is 0 Å². The lowest BCUT2D eigenvalue weighted by atomic mass is 10.2. The fourth-order valence-electron chi connectivity index (χ4n) is 0.957. The molecular weight excluding hydrogens is 209 g/mol. The molecular formula is C8H10FNO3S. The van der Waals surface area contributed by atoms with Crippen LogP contribution in [-0.4, -0.2) is 20.6 Å². The van der Waals surface area contributed by atoms with E-state index in [9.17, 15) is 12.8 Å².